The monoisotopic (exact) mass is 177 g/mol. The number of nitrogens with one attached hydrogen (secondary N) is 2. The maximum atomic E-state index is 10.6. The summed E-state index contributed by atoms with van der Waals surface area (Å²) in [7, 11) is -3.12. The summed E-state index contributed by atoms with van der Waals surface area (Å²) in [5.74, 6) is -0.108. The Balaban J connectivity index is 2.90. The van der Waals surface area contributed by atoms with Gasteiger partial charge in [0, 0.05) is 6.26 Å². The molecule has 0 aliphatic carbocycles. The number of aromatic amines is 2. The van der Waals surface area contributed by atoms with Crippen LogP contribution < -0.4 is 5.69 Å². The van der Waals surface area contributed by atoms with Gasteiger partial charge in [-0.25, -0.2) is 18.3 Å². The van der Waals surface area contributed by atoms with Crippen molar-refractivity contribution in [3.8, 4) is 0 Å². The van der Waals surface area contributed by atoms with Gasteiger partial charge in [0.15, 0.2) is 9.84 Å². The molecule has 0 aliphatic rings. The molecule has 0 aliphatic heterocycles. The highest BCUT2D eigenvalue weighted by Crippen LogP contribution is 1.92. The van der Waals surface area contributed by atoms with Gasteiger partial charge in [0.2, 0.25) is 0 Å². The van der Waals surface area contributed by atoms with Gasteiger partial charge in [-0.15, -0.1) is 0 Å². The lowest BCUT2D eigenvalue weighted by atomic mass is 10.7. The van der Waals surface area contributed by atoms with Gasteiger partial charge in [-0.3, -0.25) is 4.98 Å². The van der Waals surface area contributed by atoms with Gasteiger partial charge in [-0.1, -0.05) is 0 Å². The van der Waals surface area contributed by atoms with Crippen molar-refractivity contribution in [2.24, 2.45) is 0 Å². The van der Waals surface area contributed by atoms with Crippen LogP contribution in [-0.4, -0.2) is 29.9 Å². The van der Waals surface area contributed by atoms with E-state index >= 15 is 0 Å². The van der Waals surface area contributed by atoms with Crippen LogP contribution in [0.1, 0.15) is 5.82 Å². The van der Waals surface area contributed by atoms with Crippen LogP contribution in [0.15, 0.2) is 4.79 Å². The number of rotatable bonds is 2. The van der Waals surface area contributed by atoms with Crippen LogP contribution >= 0.6 is 0 Å². The largest absolute Gasteiger partial charge is 0.340 e. The summed E-state index contributed by atoms with van der Waals surface area (Å²) in [5.41, 5.74) is -0.497. The van der Waals surface area contributed by atoms with Crippen molar-refractivity contribution in [3.05, 3.63) is 16.3 Å². The van der Waals surface area contributed by atoms with Crippen molar-refractivity contribution in [2.45, 2.75) is 5.75 Å². The fraction of sp³-hybridized carbons (Fsp3) is 0.500. The second kappa shape index (κ2) is 2.50. The lowest BCUT2D eigenvalue weighted by Gasteiger charge is -1.89. The fourth-order valence-electron chi connectivity index (χ4n) is 0.622. The molecule has 2 N–H and O–H groups in total. The first-order valence-electron chi connectivity index (χ1n) is 2.79. The topological polar surface area (TPSA) is 95.7 Å². The first kappa shape index (κ1) is 7.99. The molecule has 1 aromatic rings. The third kappa shape index (κ3) is 2.54. The van der Waals surface area contributed by atoms with E-state index in [2.05, 4.69) is 15.2 Å². The second-order valence-corrected chi connectivity index (χ2v) is 4.33. The lowest BCUT2D eigenvalue weighted by Crippen LogP contribution is -2.05. The number of aromatic nitrogens is 3. The number of hydrogen-bond acceptors (Lipinski definition) is 4. The number of H-pyrrole nitrogens is 2. The van der Waals surface area contributed by atoms with E-state index in [0.717, 1.165) is 6.26 Å². The normalized spacial score (nSPS) is 11.7. The molecule has 0 radical (unpaired) electrons. The van der Waals surface area contributed by atoms with E-state index in [-0.39, 0.29) is 11.6 Å². The predicted molar refractivity (Wildman–Crippen MR) is 37.8 cm³/mol. The summed E-state index contributed by atoms with van der Waals surface area (Å²) < 4.78 is 21.3. The van der Waals surface area contributed by atoms with Crippen LogP contribution in [0, 0.1) is 0 Å². The highest BCUT2D eigenvalue weighted by atomic mass is 32.2. The first-order chi connectivity index (χ1) is 4.97. The zero-order chi connectivity index (χ0) is 8.48. The van der Waals surface area contributed by atoms with Gasteiger partial charge in [0.25, 0.3) is 0 Å². The van der Waals surface area contributed by atoms with E-state index in [9.17, 15) is 13.2 Å². The molecule has 7 heteroatoms. The Bertz CT molecular complexity index is 387. The molecule has 0 saturated heterocycles. The van der Waals surface area contributed by atoms with Crippen LogP contribution in [0.25, 0.3) is 0 Å². The molecule has 1 rings (SSSR count). The van der Waals surface area contributed by atoms with Crippen LogP contribution in [0.4, 0.5) is 0 Å². The van der Waals surface area contributed by atoms with E-state index in [1.165, 1.54) is 0 Å². The average Bonchev–Trinajstić information content (AvgIpc) is 2.10. The van der Waals surface area contributed by atoms with Crippen LogP contribution in [-0.2, 0) is 15.6 Å². The summed E-state index contributed by atoms with van der Waals surface area (Å²) in [6.45, 7) is 0. The number of sulfone groups is 1. The molecule has 1 heterocycles. The van der Waals surface area contributed by atoms with E-state index in [1.54, 1.807) is 0 Å². The average molecular weight is 177 g/mol. The van der Waals surface area contributed by atoms with Gasteiger partial charge in [-0.05, 0) is 0 Å². The third-order valence-corrected chi connectivity index (χ3v) is 1.75. The van der Waals surface area contributed by atoms with Gasteiger partial charge in [-0.2, -0.15) is 5.10 Å². The molecule has 0 amide bonds. The zero-order valence-electron chi connectivity index (χ0n) is 5.79. The molecule has 1 aromatic heterocycles. The van der Waals surface area contributed by atoms with E-state index in [4.69, 9.17) is 0 Å². The molecular weight excluding hydrogens is 170 g/mol. The molecule has 62 valence electrons. The van der Waals surface area contributed by atoms with Gasteiger partial charge >= 0.3 is 5.69 Å². The lowest BCUT2D eigenvalue weighted by molar-refractivity contribution is 0.599. The van der Waals surface area contributed by atoms with Crippen LogP contribution in [0.3, 0.4) is 0 Å². The van der Waals surface area contributed by atoms with E-state index in [0.29, 0.717) is 0 Å². The maximum Gasteiger partial charge on any atom is 0.340 e. The maximum absolute atomic E-state index is 10.6. The Labute approximate surface area is 62.6 Å². The standard InChI is InChI=1S/C4H7N3O3S/c1-11(9,10)2-3-5-4(8)7-6-3/h2H2,1H3,(H2,5,6,7,8). The van der Waals surface area contributed by atoms with Crippen LogP contribution in [0.2, 0.25) is 0 Å². The van der Waals surface area contributed by atoms with Crippen LogP contribution in [0.5, 0.6) is 0 Å². The Morgan fingerprint density at radius 3 is 2.55 bits per heavy atom. The Hall–Kier alpha value is -1.11. The summed E-state index contributed by atoms with van der Waals surface area (Å²) in [4.78, 5) is 12.6. The van der Waals surface area contributed by atoms with Crippen molar-refractivity contribution >= 4 is 9.84 Å². The highest BCUT2D eigenvalue weighted by Gasteiger charge is 2.06. The molecule has 11 heavy (non-hydrogen) atoms. The minimum absolute atomic E-state index is 0.137. The highest BCUT2D eigenvalue weighted by molar-refractivity contribution is 7.89. The Morgan fingerprint density at radius 2 is 2.18 bits per heavy atom. The van der Waals surface area contributed by atoms with Gasteiger partial charge in [0.05, 0.1) is 0 Å². The van der Waals surface area contributed by atoms with Crippen molar-refractivity contribution in [1.29, 1.82) is 0 Å². The third-order valence-electron chi connectivity index (χ3n) is 0.949. The van der Waals surface area contributed by atoms with E-state index in [1.807, 2.05) is 0 Å². The number of hydrogen-bond donors (Lipinski definition) is 2. The first-order valence-corrected chi connectivity index (χ1v) is 4.85. The molecule has 0 spiro atoms. The smallest absolute Gasteiger partial charge is 0.292 e. The summed E-state index contributed by atoms with van der Waals surface area (Å²) >= 11 is 0. The van der Waals surface area contributed by atoms with Crippen molar-refractivity contribution in [1.82, 2.24) is 15.2 Å². The molecular formula is C4H7N3O3S. The van der Waals surface area contributed by atoms with Gasteiger partial charge < -0.3 is 0 Å². The Kier molecular flexibility index (Phi) is 1.81. The fourth-order valence-corrected chi connectivity index (χ4v) is 1.26. The molecule has 0 atom stereocenters. The molecule has 0 fully saturated rings. The predicted octanol–water partition coefficient (Wildman–Crippen LogP) is -1.36. The Morgan fingerprint density at radius 1 is 1.55 bits per heavy atom. The molecule has 0 unspecified atom stereocenters. The molecule has 0 saturated carbocycles. The summed E-state index contributed by atoms with van der Waals surface area (Å²) in [6, 6.07) is 0. The zero-order valence-corrected chi connectivity index (χ0v) is 6.60. The second-order valence-electron chi connectivity index (χ2n) is 2.19. The van der Waals surface area contributed by atoms with Crippen molar-refractivity contribution in [2.75, 3.05) is 6.26 Å². The van der Waals surface area contributed by atoms with Crippen molar-refractivity contribution in [3.63, 3.8) is 0 Å². The van der Waals surface area contributed by atoms with Crippen molar-refractivity contribution < 1.29 is 8.42 Å². The summed E-state index contributed by atoms with van der Waals surface area (Å²) in [6.07, 6.45) is 1.07. The molecule has 6 nitrogen and oxygen atoms in total. The minimum Gasteiger partial charge on any atom is -0.292 e. The van der Waals surface area contributed by atoms with Gasteiger partial charge in [0.1, 0.15) is 11.6 Å². The molecule has 0 bridgehead atoms. The SMILES string of the molecule is CS(=O)(=O)Cc1n[nH]c(=O)[nH]1. The summed E-state index contributed by atoms with van der Waals surface area (Å²) in [5, 5.41) is 5.49. The van der Waals surface area contributed by atoms with E-state index < -0.39 is 15.5 Å². The quantitative estimate of drug-likeness (QED) is 0.583. The molecule has 0 aromatic carbocycles. The minimum atomic E-state index is -3.12. The number of nitrogens with zero attached hydrogens (tertiary/aromatic N) is 1.